The van der Waals surface area contributed by atoms with Crippen LogP contribution < -0.4 is 10.2 Å². The van der Waals surface area contributed by atoms with Crippen LogP contribution in [0.2, 0.25) is 10.0 Å². The molecule has 22 heavy (non-hydrogen) atoms. The van der Waals surface area contributed by atoms with Crippen molar-refractivity contribution in [3.63, 3.8) is 0 Å². The Kier molecular flexibility index (Phi) is 5.81. The molecule has 2 aromatic carbocycles. The van der Waals surface area contributed by atoms with E-state index >= 15 is 0 Å². The molecule has 0 aromatic heterocycles. The van der Waals surface area contributed by atoms with Crippen molar-refractivity contribution >= 4 is 35.3 Å². The fourth-order valence-electron chi connectivity index (χ4n) is 1.74. The Morgan fingerprint density at radius 1 is 1.23 bits per heavy atom. The van der Waals surface area contributed by atoms with Gasteiger partial charge < -0.3 is 4.74 Å². The van der Waals surface area contributed by atoms with E-state index in [2.05, 4.69) is 10.5 Å². The maximum atomic E-state index is 12.0. The van der Waals surface area contributed by atoms with Crippen LogP contribution in [0.25, 0.3) is 0 Å². The molecule has 6 heteroatoms. The molecule has 4 nitrogen and oxygen atoms in total. The summed E-state index contributed by atoms with van der Waals surface area (Å²) in [4.78, 5) is 12.0. The predicted octanol–water partition coefficient (Wildman–Crippen LogP) is 4.16. The normalized spacial score (nSPS) is 10.7. The van der Waals surface area contributed by atoms with E-state index in [1.165, 1.54) is 12.1 Å². The quantitative estimate of drug-likeness (QED) is 0.658. The SMILES string of the molecule is CCOc1c(Cl)cc(C(=O)N/N=C/c2ccccc2)cc1Cl. The van der Waals surface area contributed by atoms with Crippen LogP contribution >= 0.6 is 23.2 Å². The van der Waals surface area contributed by atoms with E-state index in [9.17, 15) is 4.79 Å². The van der Waals surface area contributed by atoms with Gasteiger partial charge in [-0.05, 0) is 24.6 Å². The summed E-state index contributed by atoms with van der Waals surface area (Å²) in [5.41, 5.74) is 3.61. The van der Waals surface area contributed by atoms with E-state index in [0.29, 0.717) is 17.9 Å². The summed E-state index contributed by atoms with van der Waals surface area (Å²) in [6.45, 7) is 2.26. The van der Waals surface area contributed by atoms with Crippen molar-refractivity contribution in [2.24, 2.45) is 5.10 Å². The van der Waals surface area contributed by atoms with Gasteiger partial charge in [0.1, 0.15) is 0 Å². The maximum Gasteiger partial charge on any atom is 0.271 e. The second-order valence-corrected chi connectivity index (χ2v) is 5.13. The number of benzene rings is 2. The highest BCUT2D eigenvalue weighted by atomic mass is 35.5. The third-order valence-electron chi connectivity index (χ3n) is 2.73. The number of hydrazone groups is 1. The van der Waals surface area contributed by atoms with Gasteiger partial charge in [0.25, 0.3) is 5.91 Å². The van der Waals surface area contributed by atoms with Gasteiger partial charge in [-0.3, -0.25) is 4.79 Å². The third kappa shape index (κ3) is 4.23. The number of carbonyl (C=O) groups excluding carboxylic acids is 1. The summed E-state index contributed by atoms with van der Waals surface area (Å²) >= 11 is 12.1. The second-order valence-electron chi connectivity index (χ2n) is 4.31. The highest BCUT2D eigenvalue weighted by Gasteiger charge is 2.13. The van der Waals surface area contributed by atoms with Crippen LogP contribution in [0.4, 0.5) is 0 Å². The highest BCUT2D eigenvalue weighted by Crippen LogP contribution is 2.34. The average molecular weight is 337 g/mol. The lowest BCUT2D eigenvalue weighted by molar-refractivity contribution is 0.0955. The highest BCUT2D eigenvalue weighted by molar-refractivity contribution is 6.37. The molecule has 0 saturated heterocycles. The van der Waals surface area contributed by atoms with Gasteiger partial charge in [-0.15, -0.1) is 0 Å². The topological polar surface area (TPSA) is 50.7 Å². The van der Waals surface area contributed by atoms with Crippen LogP contribution in [0.1, 0.15) is 22.8 Å². The number of rotatable bonds is 5. The molecule has 0 saturated carbocycles. The Bertz CT molecular complexity index is 665. The van der Waals surface area contributed by atoms with Gasteiger partial charge in [-0.2, -0.15) is 5.10 Å². The molecule has 0 spiro atoms. The largest absolute Gasteiger partial charge is 0.491 e. The van der Waals surface area contributed by atoms with Crippen LogP contribution in [-0.4, -0.2) is 18.7 Å². The molecule has 0 radical (unpaired) electrons. The first-order chi connectivity index (χ1) is 10.6. The van der Waals surface area contributed by atoms with E-state index in [0.717, 1.165) is 5.56 Å². The first-order valence-electron chi connectivity index (χ1n) is 6.62. The molecule has 0 unspecified atom stereocenters. The van der Waals surface area contributed by atoms with Crippen LogP contribution in [0.3, 0.4) is 0 Å². The van der Waals surface area contributed by atoms with Gasteiger partial charge in [0.15, 0.2) is 5.75 Å². The fraction of sp³-hybridized carbons (Fsp3) is 0.125. The Balaban J connectivity index is 2.08. The summed E-state index contributed by atoms with van der Waals surface area (Å²) in [6.07, 6.45) is 1.55. The number of nitrogens with zero attached hydrogens (tertiary/aromatic N) is 1. The smallest absolute Gasteiger partial charge is 0.271 e. The van der Waals surface area contributed by atoms with Gasteiger partial charge >= 0.3 is 0 Å². The summed E-state index contributed by atoms with van der Waals surface area (Å²) in [5, 5.41) is 4.46. The maximum absolute atomic E-state index is 12.0. The monoisotopic (exact) mass is 336 g/mol. The van der Waals surface area contributed by atoms with Crippen LogP contribution in [-0.2, 0) is 0 Å². The van der Waals surface area contributed by atoms with Crippen molar-refractivity contribution < 1.29 is 9.53 Å². The third-order valence-corrected chi connectivity index (χ3v) is 3.29. The molecule has 2 rings (SSSR count). The van der Waals surface area contributed by atoms with Gasteiger partial charge in [-0.25, -0.2) is 5.43 Å². The number of nitrogens with one attached hydrogen (secondary N) is 1. The van der Waals surface area contributed by atoms with Crippen molar-refractivity contribution in [1.29, 1.82) is 0 Å². The van der Waals surface area contributed by atoms with Gasteiger partial charge in [0.05, 0.1) is 22.9 Å². The van der Waals surface area contributed by atoms with E-state index in [1.807, 2.05) is 37.3 Å². The van der Waals surface area contributed by atoms with Crippen molar-refractivity contribution in [3.8, 4) is 5.75 Å². The molecular formula is C16H14Cl2N2O2. The molecule has 0 atom stereocenters. The number of carbonyl (C=O) groups is 1. The van der Waals surface area contributed by atoms with Crippen LogP contribution in [0, 0.1) is 0 Å². The van der Waals surface area contributed by atoms with E-state index in [4.69, 9.17) is 27.9 Å². The molecule has 0 fully saturated rings. The molecule has 1 N–H and O–H groups in total. The van der Waals surface area contributed by atoms with Gasteiger partial charge in [-0.1, -0.05) is 53.5 Å². The Hall–Kier alpha value is -2.04. The summed E-state index contributed by atoms with van der Waals surface area (Å²) in [7, 11) is 0. The molecule has 0 aliphatic heterocycles. The average Bonchev–Trinajstić information content (AvgIpc) is 2.51. The standard InChI is InChI=1S/C16H14Cl2N2O2/c1-2-22-15-13(17)8-12(9-14(15)18)16(21)20-19-10-11-6-4-3-5-7-11/h3-10H,2H2,1H3,(H,20,21)/b19-10+. The van der Waals surface area contributed by atoms with Crippen LogP contribution in [0.15, 0.2) is 47.6 Å². The van der Waals surface area contributed by atoms with Crippen LogP contribution in [0.5, 0.6) is 5.75 Å². The molecule has 0 bridgehead atoms. The van der Waals surface area contributed by atoms with E-state index in [-0.39, 0.29) is 10.0 Å². The molecular weight excluding hydrogens is 323 g/mol. The first kappa shape index (κ1) is 16.3. The zero-order chi connectivity index (χ0) is 15.9. The lowest BCUT2D eigenvalue weighted by Gasteiger charge is -2.09. The van der Waals surface area contributed by atoms with Crippen molar-refractivity contribution in [2.45, 2.75) is 6.92 Å². The lowest BCUT2D eigenvalue weighted by atomic mass is 10.2. The van der Waals surface area contributed by atoms with Crippen molar-refractivity contribution in [3.05, 3.63) is 63.6 Å². The minimum atomic E-state index is -0.404. The molecule has 2 aromatic rings. The number of halogens is 2. The van der Waals surface area contributed by atoms with E-state index < -0.39 is 5.91 Å². The van der Waals surface area contributed by atoms with Gasteiger partial charge in [0, 0.05) is 5.56 Å². The zero-order valence-electron chi connectivity index (χ0n) is 11.8. The molecule has 1 amide bonds. The minimum absolute atomic E-state index is 0.284. The zero-order valence-corrected chi connectivity index (χ0v) is 13.4. The Labute approximate surface area is 138 Å². The molecule has 114 valence electrons. The number of amides is 1. The molecule has 0 aliphatic carbocycles. The second kappa shape index (κ2) is 7.82. The molecule has 0 aliphatic rings. The summed E-state index contributed by atoms with van der Waals surface area (Å²) in [6, 6.07) is 12.4. The molecule has 0 heterocycles. The number of ether oxygens (including phenoxy) is 1. The summed E-state index contributed by atoms with van der Waals surface area (Å²) in [5.74, 6) is -0.0331. The summed E-state index contributed by atoms with van der Waals surface area (Å²) < 4.78 is 5.32. The number of hydrogen-bond donors (Lipinski definition) is 1. The first-order valence-corrected chi connectivity index (χ1v) is 7.37. The fourth-order valence-corrected chi connectivity index (χ4v) is 2.34. The van der Waals surface area contributed by atoms with Crippen molar-refractivity contribution in [1.82, 2.24) is 5.43 Å². The van der Waals surface area contributed by atoms with E-state index in [1.54, 1.807) is 6.21 Å². The predicted molar refractivity (Wildman–Crippen MR) is 89.1 cm³/mol. The Morgan fingerprint density at radius 2 is 1.86 bits per heavy atom. The lowest BCUT2D eigenvalue weighted by Crippen LogP contribution is -2.17. The number of hydrogen-bond acceptors (Lipinski definition) is 3. The van der Waals surface area contributed by atoms with Crippen molar-refractivity contribution in [2.75, 3.05) is 6.61 Å². The Morgan fingerprint density at radius 3 is 2.45 bits per heavy atom. The van der Waals surface area contributed by atoms with Gasteiger partial charge in [0.2, 0.25) is 0 Å². The minimum Gasteiger partial charge on any atom is -0.491 e.